The average molecular weight is 391 g/mol. The van der Waals surface area contributed by atoms with Gasteiger partial charge in [0.25, 0.3) is 5.91 Å². The molecule has 5 nitrogen and oxygen atoms in total. The molecular formula is C22H17NO4S. The molecule has 0 unspecified atom stereocenters. The minimum absolute atomic E-state index is 0.0512. The molecule has 140 valence electrons. The van der Waals surface area contributed by atoms with Gasteiger partial charge in [0.05, 0.1) is 30.5 Å². The molecule has 0 fully saturated rings. The van der Waals surface area contributed by atoms with E-state index in [-0.39, 0.29) is 5.91 Å². The summed E-state index contributed by atoms with van der Waals surface area (Å²) in [5, 5.41) is 0. The highest BCUT2D eigenvalue weighted by Crippen LogP contribution is 2.42. The van der Waals surface area contributed by atoms with E-state index >= 15 is 0 Å². The second kappa shape index (κ2) is 7.05. The van der Waals surface area contributed by atoms with Crippen LogP contribution in [0.4, 0.5) is 0 Å². The van der Waals surface area contributed by atoms with Gasteiger partial charge in [-0.1, -0.05) is 12.1 Å². The Bertz CT molecular complexity index is 1060. The highest BCUT2D eigenvalue weighted by molar-refractivity contribution is 7.17. The lowest BCUT2D eigenvalue weighted by molar-refractivity contribution is 0.0709. The maximum absolute atomic E-state index is 13.3. The molecule has 0 N–H and O–H groups in total. The molecule has 1 aromatic carbocycles. The summed E-state index contributed by atoms with van der Waals surface area (Å²) in [7, 11) is 0. The number of carbonyl (C=O) groups is 1. The smallest absolute Gasteiger partial charge is 0.264 e. The molecule has 1 aliphatic rings. The van der Waals surface area contributed by atoms with E-state index in [9.17, 15) is 4.79 Å². The first-order valence-corrected chi connectivity index (χ1v) is 9.78. The third-order valence-corrected chi connectivity index (χ3v) is 5.87. The summed E-state index contributed by atoms with van der Waals surface area (Å²) in [5.41, 5.74) is 2.08. The molecule has 1 amide bonds. The van der Waals surface area contributed by atoms with Crippen molar-refractivity contribution in [1.82, 2.24) is 4.90 Å². The van der Waals surface area contributed by atoms with Crippen molar-refractivity contribution in [2.75, 3.05) is 0 Å². The van der Waals surface area contributed by atoms with Gasteiger partial charge in [0.15, 0.2) is 0 Å². The predicted molar refractivity (Wildman–Crippen MR) is 105 cm³/mol. The average Bonchev–Trinajstić information content (AvgIpc) is 3.48. The molecule has 1 aliphatic heterocycles. The van der Waals surface area contributed by atoms with Crippen LogP contribution in [0.15, 0.2) is 76.0 Å². The van der Waals surface area contributed by atoms with Crippen molar-refractivity contribution in [2.45, 2.75) is 19.7 Å². The Labute approximate surface area is 165 Å². The monoisotopic (exact) mass is 391 g/mol. The molecule has 6 heteroatoms. The Morgan fingerprint density at radius 1 is 0.964 bits per heavy atom. The minimum atomic E-state index is -0.0512. The van der Waals surface area contributed by atoms with Gasteiger partial charge in [-0.25, -0.2) is 0 Å². The van der Waals surface area contributed by atoms with Crippen LogP contribution in [-0.4, -0.2) is 10.8 Å². The van der Waals surface area contributed by atoms with Gasteiger partial charge in [-0.05, 0) is 42.5 Å². The predicted octanol–water partition coefficient (Wildman–Crippen LogP) is 5.34. The molecule has 0 saturated carbocycles. The van der Waals surface area contributed by atoms with E-state index in [1.54, 1.807) is 17.4 Å². The number of benzene rings is 1. The molecule has 0 spiro atoms. The molecule has 0 atom stereocenters. The lowest BCUT2D eigenvalue weighted by Crippen LogP contribution is -2.29. The third-order valence-electron chi connectivity index (χ3n) is 4.68. The number of hydrogen-bond acceptors (Lipinski definition) is 5. The first-order valence-electron chi connectivity index (χ1n) is 8.97. The van der Waals surface area contributed by atoms with E-state index in [2.05, 4.69) is 0 Å². The first kappa shape index (κ1) is 16.9. The number of ether oxygens (including phenoxy) is 1. The highest BCUT2D eigenvalue weighted by atomic mass is 32.1. The number of fused-ring (bicyclic) bond motifs is 3. The molecule has 0 aliphatic carbocycles. The van der Waals surface area contributed by atoms with Crippen LogP contribution in [0.3, 0.4) is 0 Å². The minimum Gasteiger partial charge on any atom is -0.488 e. The van der Waals surface area contributed by atoms with Crippen LogP contribution in [0, 0.1) is 0 Å². The Morgan fingerprint density at radius 2 is 1.68 bits per heavy atom. The van der Waals surface area contributed by atoms with Crippen LogP contribution in [0.2, 0.25) is 0 Å². The van der Waals surface area contributed by atoms with Crippen LogP contribution >= 0.6 is 11.3 Å². The second-order valence-corrected chi connectivity index (χ2v) is 7.62. The molecule has 4 aromatic rings. The van der Waals surface area contributed by atoms with Gasteiger partial charge >= 0.3 is 0 Å². The van der Waals surface area contributed by atoms with E-state index in [0.717, 1.165) is 33.3 Å². The standard InChI is InChI=1S/C22H17NO4S/c24-22(23(12-16-5-3-9-25-16)13-17-6-4-10-26-17)20-11-15-14-27-19-8-2-1-7-18(19)21(15)28-20/h1-11H,12-14H2. The van der Waals surface area contributed by atoms with Crippen molar-refractivity contribution in [2.24, 2.45) is 0 Å². The van der Waals surface area contributed by atoms with Gasteiger partial charge < -0.3 is 18.5 Å². The van der Waals surface area contributed by atoms with Crippen LogP contribution in [-0.2, 0) is 19.7 Å². The van der Waals surface area contributed by atoms with Gasteiger partial charge in [-0.2, -0.15) is 0 Å². The highest BCUT2D eigenvalue weighted by Gasteiger charge is 2.26. The molecule has 4 heterocycles. The Morgan fingerprint density at radius 3 is 2.36 bits per heavy atom. The fourth-order valence-corrected chi connectivity index (χ4v) is 4.51. The summed E-state index contributed by atoms with van der Waals surface area (Å²) in [4.78, 5) is 16.9. The van der Waals surface area contributed by atoms with Crippen molar-refractivity contribution < 1.29 is 18.4 Å². The lowest BCUT2D eigenvalue weighted by atomic mass is 10.1. The number of hydrogen-bond donors (Lipinski definition) is 0. The molecular weight excluding hydrogens is 374 g/mol. The largest absolute Gasteiger partial charge is 0.488 e. The second-order valence-electron chi connectivity index (χ2n) is 6.57. The zero-order valence-electron chi connectivity index (χ0n) is 15.0. The SMILES string of the molecule is O=C(c1cc2c(s1)-c1ccccc1OC2)N(Cc1ccco1)Cc1ccco1. The zero-order valence-corrected chi connectivity index (χ0v) is 15.8. The van der Waals surface area contributed by atoms with Gasteiger partial charge in [0, 0.05) is 16.0 Å². The summed E-state index contributed by atoms with van der Waals surface area (Å²) >= 11 is 1.51. The summed E-state index contributed by atoms with van der Waals surface area (Å²) in [6.45, 7) is 1.23. The van der Waals surface area contributed by atoms with Gasteiger partial charge in [-0.15, -0.1) is 11.3 Å². The lowest BCUT2D eigenvalue weighted by Gasteiger charge is -2.19. The maximum Gasteiger partial charge on any atom is 0.264 e. The van der Waals surface area contributed by atoms with E-state index in [1.807, 2.05) is 54.6 Å². The number of amides is 1. The van der Waals surface area contributed by atoms with Gasteiger partial charge in [-0.3, -0.25) is 4.79 Å². The molecule has 0 radical (unpaired) electrons. The molecule has 0 bridgehead atoms. The first-order chi connectivity index (χ1) is 13.8. The quantitative estimate of drug-likeness (QED) is 0.461. The fourth-order valence-electron chi connectivity index (χ4n) is 3.34. The third kappa shape index (κ3) is 3.12. The Balaban J connectivity index is 1.47. The van der Waals surface area contributed by atoms with E-state index in [1.165, 1.54) is 11.3 Å². The number of para-hydroxylation sites is 1. The number of carbonyl (C=O) groups excluding carboxylic acids is 1. The van der Waals surface area contributed by atoms with Crippen LogP contribution in [0.5, 0.6) is 5.75 Å². The van der Waals surface area contributed by atoms with Gasteiger partial charge in [0.2, 0.25) is 0 Å². The number of furan rings is 2. The fraction of sp³-hybridized carbons (Fsp3) is 0.136. The van der Waals surface area contributed by atoms with Crippen molar-refractivity contribution >= 4 is 17.2 Å². The van der Waals surface area contributed by atoms with Gasteiger partial charge in [0.1, 0.15) is 23.9 Å². The Kier molecular flexibility index (Phi) is 4.25. The number of thiophene rings is 1. The summed E-state index contributed by atoms with van der Waals surface area (Å²) in [5.74, 6) is 2.27. The van der Waals surface area contributed by atoms with Crippen LogP contribution in [0.25, 0.3) is 10.4 Å². The number of nitrogens with zero attached hydrogens (tertiary/aromatic N) is 1. The molecule has 3 aromatic heterocycles. The molecule has 5 rings (SSSR count). The summed E-state index contributed by atoms with van der Waals surface area (Å²) in [6.07, 6.45) is 3.23. The summed E-state index contributed by atoms with van der Waals surface area (Å²) < 4.78 is 16.7. The zero-order chi connectivity index (χ0) is 18.9. The van der Waals surface area contributed by atoms with Crippen molar-refractivity contribution in [1.29, 1.82) is 0 Å². The normalized spacial score (nSPS) is 12.1. The van der Waals surface area contributed by atoms with E-state index in [4.69, 9.17) is 13.6 Å². The van der Waals surface area contributed by atoms with Crippen LogP contribution in [0.1, 0.15) is 26.8 Å². The topological polar surface area (TPSA) is 55.8 Å². The molecule has 28 heavy (non-hydrogen) atoms. The van der Waals surface area contributed by atoms with Crippen molar-refractivity contribution in [3.8, 4) is 16.2 Å². The van der Waals surface area contributed by atoms with Crippen LogP contribution < -0.4 is 4.74 Å². The van der Waals surface area contributed by atoms with E-state index < -0.39 is 0 Å². The Hall–Kier alpha value is -3.25. The van der Waals surface area contributed by atoms with Crippen molar-refractivity contribution in [3.63, 3.8) is 0 Å². The van der Waals surface area contributed by atoms with E-state index in [0.29, 0.717) is 24.6 Å². The maximum atomic E-state index is 13.3. The van der Waals surface area contributed by atoms with Crippen molar-refractivity contribution in [3.05, 3.63) is 89.1 Å². The number of rotatable bonds is 5. The summed E-state index contributed by atoms with van der Waals surface area (Å²) in [6, 6.07) is 17.2. The molecule has 0 saturated heterocycles.